The molecule has 0 unspecified atom stereocenters. The average molecular weight is 329 g/mol. The van der Waals surface area contributed by atoms with E-state index >= 15 is 0 Å². The predicted octanol–water partition coefficient (Wildman–Crippen LogP) is 3.15. The third-order valence-corrected chi connectivity index (χ3v) is 5.67. The summed E-state index contributed by atoms with van der Waals surface area (Å²) in [6, 6.07) is 6.54. The van der Waals surface area contributed by atoms with E-state index in [-0.39, 0.29) is 6.10 Å². The van der Waals surface area contributed by atoms with Crippen LogP contribution in [0.4, 0.5) is 5.82 Å². The Bertz CT molecular complexity index is 634. The standard InChI is InChI=1S/C18H23N3OS/c1-2-8-21(7-1)18-4-3-14(12-20-18)11-19-13-16-15-6-10-23-17(15)5-9-22-16/h3-4,6,10,12,16,19H,1-2,5,7-9,11,13H2/t16-/m1/s1. The molecule has 4 rings (SSSR count). The molecule has 0 bridgehead atoms. The second-order valence-electron chi connectivity index (χ2n) is 6.26. The largest absolute Gasteiger partial charge is 0.372 e. The van der Waals surface area contributed by atoms with Crippen LogP contribution in [-0.2, 0) is 17.7 Å². The Kier molecular flexibility index (Phi) is 4.60. The second-order valence-corrected chi connectivity index (χ2v) is 7.26. The van der Waals surface area contributed by atoms with Crippen LogP contribution in [0.2, 0.25) is 0 Å². The molecule has 0 aliphatic carbocycles. The number of nitrogens with one attached hydrogen (secondary N) is 1. The van der Waals surface area contributed by atoms with Gasteiger partial charge in [-0.25, -0.2) is 4.98 Å². The molecule has 0 spiro atoms. The van der Waals surface area contributed by atoms with Gasteiger partial charge in [-0.1, -0.05) is 6.07 Å². The molecule has 122 valence electrons. The zero-order valence-corrected chi connectivity index (χ0v) is 14.1. The van der Waals surface area contributed by atoms with Crippen molar-refractivity contribution in [3.8, 4) is 0 Å². The highest BCUT2D eigenvalue weighted by Gasteiger charge is 2.21. The molecular weight excluding hydrogens is 306 g/mol. The van der Waals surface area contributed by atoms with Gasteiger partial charge in [0.15, 0.2) is 0 Å². The van der Waals surface area contributed by atoms with Gasteiger partial charge in [0.25, 0.3) is 0 Å². The van der Waals surface area contributed by atoms with Crippen molar-refractivity contribution in [3.05, 3.63) is 45.8 Å². The molecule has 0 aromatic carbocycles. The maximum Gasteiger partial charge on any atom is 0.128 e. The number of anilines is 1. The fraction of sp³-hybridized carbons (Fsp3) is 0.500. The normalized spacial score (nSPS) is 20.7. The van der Waals surface area contributed by atoms with Crippen molar-refractivity contribution in [1.29, 1.82) is 0 Å². The maximum absolute atomic E-state index is 5.91. The Morgan fingerprint density at radius 3 is 3.00 bits per heavy atom. The molecular formula is C18H23N3OS. The van der Waals surface area contributed by atoms with Gasteiger partial charge in [-0.15, -0.1) is 11.3 Å². The topological polar surface area (TPSA) is 37.4 Å². The summed E-state index contributed by atoms with van der Waals surface area (Å²) in [6.07, 6.45) is 5.83. The Morgan fingerprint density at radius 1 is 1.26 bits per heavy atom. The van der Waals surface area contributed by atoms with E-state index in [0.717, 1.165) is 45.0 Å². The molecule has 1 atom stereocenters. The molecule has 2 aromatic heterocycles. The fourth-order valence-electron chi connectivity index (χ4n) is 3.40. The van der Waals surface area contributed by atoms with Crippen LogP contribution in [0.15, 0.2) is 29.8 Å². The van der Waals surface area contributed by atoms with E-state index in [1.165, 1.54) is 28.8 Å². The van der Waals surface area contributed by atoms with Gasteiger partial charge in [-0.2, -0.15) is 0 Å². The van der Waals surface area contributed by atoms with E-state index in [4.69, 9.17) is 4.74 Å². The van der Waals surface area contributed by atoms with Gasteiger partial charge in [-0.3, -0.25) is 0 Å². The number of fused-ring (bicyclic) bond motifs is 1. The molecule has 0 amide bonds. The zero-order chi connectivity index (χ0) is 15.5. The Labute approximate surface area is 141 Å². The van der Waals surface area contributed by atoms with Crippen LogP contribution in [-0.4, -0.2) is 31.2 Å². The number of hydrogen-bond donors (Lipinski definition) is 1. The Morgan fingerprint density at radius 2 is 2.17 bits per heavy atom. The lowest BCUT2D eigenvalue weighted by Crippen LogP contribution is -2.26. The van der Waals surface area contributed by atoms with E-state index in [1.807, 2.05) is 17.5 Å². The molecule has 1 fully saturated rings. The first-order chi connectivity index (χ1) is 11.4. The van der Waals surface area contributed by atoms with Crippen LogP contribution >= 0.6 is 11.3 Å². The smallest absolute Gasteiger partial charge is 0.128 e. The summed E-state index contributed by atoms with van der Waals surface area (Å²) < 4.78 is 5.91. The molecule has 0 radical (unpaired) electrons. The quantitative estimate of drug-likeness (QED) is 0.914. The number of ether oxygens (including phenoxy) is 1. The van der Waals surface area contributed by atoms with Crippen LogP contribution in [0.5, 0.6) is 0 Å². The van der Waals surface area contributed by atoms with Gasteiger partial charge in [0.1, 0.15) is 5.82 Å². The number of nitrogens with zero attached hydrogens (tertiary/aromatic N) is 2. The zero-order valence-electron chi connectivity index (χ0n) is 13.3. The van der Waals surface area contributed by atoms with E-state index in [0.29, 0.717) is 0 Å². The average Bonchev–Trinajstić information content (AvgIpc) is 3.27. The van der Waals surface area contributed by atoms with Gasteiger partial charge < -0.3 is 15.0 Å². The van der Waals surface area contributed by atoms with Gasteiger partial charge >= 0.3 is 0 Å². The van der Waals surface area contributed by atoms with Crippen LogP contribution < -0.4 is 10.2 Å². The van der Waals surface area contributed by atoms with Crippen molar-refractivity contribution in [2.75, 3.05) is 31.1 Å². The van der Waals surface area contributed by atoms with Crippen molar-refractivity contribution in [3.63, 3.8) is 0 Å². The molecule has 0 saturated carbocycles. The minimum absolute atomic E-state index is 0.196. The number of aromatic nitrogens is 1. The Balaban J connectivity index is 1.30. The molecule has 4 nitrogen and oxygen atoms in total. The van der Waals surface area contributed by atoms with E-state index in [1.54, 1.807) is 0 Å². The van der Waals surface area contributed by atoms with Crippen LogP contribution in [0.1, 0.15) is 34.9 Å². The summed E-state index contributed by atoms with van der Waals surface area (Å²) in [7, 11) is 0. The van der Waals surface area contributed by atoms with E-state index in [2.05, 4.69) is 38.8 Å². The lowest BCUT2D eigenvalue weighted by Gasteiger charge is -2.23. The number of rotatable bonds is 5. The highest BCUT2D eigenvalue weighted by molar-refractivity contribution is 7.10. The Hall–Kier alpha value is -1.43. The molecule has 2 aliphatic heterocycles. The van der Waals surface area contributed by atoms with Crippen LogP contribution in [0.25, 0.3) is 0 Å². The van der Waals surface area contributed by atoms with Crippen molar-refractivity contribution >= 4 is 17.2 Å². The van der Waals surface area contributed by atoms with Crippen LogP contribution in [0.3, 0.4) is 0 Å². The molecule has 4 heterocycles. The minimum atomic E-state index is 0.196. The monoisotopic (exact) mass is 329 g/mol. The van der Waals surface area contributed by atoms with Crippen molar-refractivity contribution in [2.45, 2.75) is 31.9 Å². The molecule has 2 aromatic rings. The van der Waals surface area contributed by atoms with Gasteiger partial charge in [0.2, 0.25) is 0 Å². The predicted molar refractivity (Wildman–Crippen MR) is 94.1 cm³/mol. The highest BCUT2D eigenvalue weighted by atomic mass is 32.1. The highest BCUT2D eigenvalue weighted by Crippen LogP contribution is 2.30. The number of hydrogen-bond acceptors (Lipinski definition) is 5. The van der Waals surface area contributed by atoms with Crippen molar-refractivity contribution in [2.24, 2.45) is 0 Å². The summed E-state index contributed by atoms with van der Waals surface area (Å²) in [6.45, 7) is 4.83. The maximum atomic E-state index is 5.91. The van der Waals surface area contributed by atoms with E-state index in [9.17, 15) is 0 Å². The van der Waals surface area contributed by atoms with Gasteiger partial charge in [-0.05, 0) is 41.5 Å². The number of pyridine rings is 1. The van der Waals surface area contributed by atoms with Crippen molar-refractivity contribution < 1.29 is 4.74 Å². The molecule has 2 aliphatic rings. The molecule has 5 heteroatoms. The first-order valence-corrected chi connectivity index (χ1v) is 9.36. The molecule has 23 heavy (non-hydrogen) atoms. The first-order valence-electron chi connectivity index (χ1n) is 8.48. The summed E-state index contributed by atoms with van der Waals surface area (Å²) in [4.78, 5) is 8.46. The third-order valence-electron chi connectivity index (χ3n) is 4.67. The fourth-order valence-corrected chi connectivity index (χ4v) is 4.31. The van der Waals surface area contributed by atoms with Crippen LogP contribution in [0, 0.1) is 0 Å². The van der Waals surface area contributed by atoms with Gasteiger partial charge in [0, 0.05) is 43.7 Å². The third kappa shape index (κ3) is 3.42. The summed E-state index contributed by atoms with van der Waals surface area (Å²) in [5.41, 5.74) is 2.60. The lowest BCUT2D eigenvalue weighted by molar-refractivity contribution is 0.0436. The minimum Gasteiger partial charge on any atom is -0.372 e. The second kappa shape index (κ2) is 6.99. The number of thiophene rings is 1. The van der Waals surface area contributed by atoms with E-state index < -0.39 is 0 Å². The lowest BCUT2D eigenvalue weighted by atomic mass is 10.1. The van der Waals surface area contributed by atoms with Crippen molar-refractivity contribution in [1.82, 2.24) is 10.3 Å². The first kappa shape index (κ1) is 15.1. The SMILES string of the molecule is c1cc2c(s1)CCO[C@@H]2CNCc1ccc(N2CCCC2)nc1. The summed E-state index contributed by atoms with van der Waals surface area (Å²) in [5.74, 6) is 1.12. The molecule has 1 saturated heterocycles. The van der Waals surface area contributed by atoms with Gasteiger partial charge in [0.05, 0.1) is 12.7 Å². The summed E-state index contributed by atoms with van der Waals surface area (Å²) in [5, 5.41) is 5.69. The summed E-state index contributed by atoms with van der Waals surface area (Å²) >= 11 is 1.85. The molecule has 1 N–H and O–H groups in total.